The van der Waals surface area contributed by atoms with Gasteiger partial charge in [-0.05, 0) is 52.7 Å². The average molecular weight is 290 g/mol. The van der Waals surface area contributed by atoms with Crippen LogP contribution in [0.1, 0.15) is 40.5 Å². The Balaban J connectivity index is 1.99. The molecule has 1 aliphatic heterocycles. The van der Waals surface area contributed by atoms with Crippen LogP contribution in [0.3, 0.4) is 0 Å². The third kappa shape index (κ3) is 4.38. The van der Waals surface area contributed by atoms with Crippen molar-refractivity contribution < 1.29 is 9.53 Å². The number of hydrogen-bond donors (Lipinski definition) is 1. The Morgan fingerprint density at radius 2 is 2.00 bits per heavy atom. The monoisotopic (exact) mass is 290 g/mol. The molecule has 1 heterocycles. The molecule has 0 spiro atoms. The van der Waals surface area contributed by atoms with Crippen LogP contribution in [0.2, 0.25) is 0 Å². The quantitative estimate of drug-likeness (QED) is 0.918. The third-order valence-corrected chi connectivity index (χ3v) is 3.67. The van der Waals surface area contributed by atoms with Gasteiger partial charge in [-0.25, -0.2) is 4.79 Å². The summed E-state index contributed by atoms with van der Waals surface area (Å²) < 4.78 is 5.51. The Kier molecular flexibility index (Phi) is 4.76. The molecule has 1 aromatic carbocycles. The first-order valence-electron chi connectivity index (χ1n) is 7.68. The lowest BCUT2D eigenvalue weighted by molar-refractivity contribution is 0.0216. The third-order valence-electron chi connectivity index (χ3n) is 3.67. The second-order valence-electron chi connectivity index (χ2n) is 6.68. The highest BCUT2D eigenvalue weighted by molar-refractivity contribution is 5.69. The Morgan fingerprint density at radius 3 is 2.62 bits per heavy atom. The van der Waals surface area contributed by atoms with Gasteiger partial charge >= 0.3 is 6.09 Å². The Hall–Kier alpha value is -1.71. The summed E-state index contributed by atoms with van der Waals surface area (Å²) in [5.41, 5.74) is 0.640. The number of benzene rings is 1. The normalized spacial score (nSPS) is 20.2. The van der Waals surface area contributed by atoms with Crippen LogP contribution < -0.4 is 5.32 Å². The van der Waals surface area contributed by atoms with E-state index in [1.807, 2.05) is 56.0 Å². The Morgan fingerprint density at radius 1 is 1.33 bits per heavy atom. The molecule has 0 aromatic heterocycles. The molecule has 2 rings (SSSR count). The molecule has 1 aliphatic rings. The van der Waals surface area contributed by atoms with Crippen molar-refractivity contribution >= 4 is 11.8 Å². The van der Waals surface area contributed by atoms with E-state index in [1.165, 1.54) is 0 Å². The number of carbonyl (C=O) groups is 1. The van der Waals surface area contributed by atoms with Gasteiger partial charge in [0.25, 0.3) is 0 Å². The first-order valence-corrected chi connectivity index (χ1v) is 7.68. The molecular formula is C17H26N2O2. The van der Waals surface area contributed by atoms with Crippen molar-refractivity contribution in [3.63, 3.8) is 0 Å². The molecule has 1 saturated heterocycles. The van der Waals surface area contributed by atoms with Gasteiger partial charge in [-0.1, -0.05) is 18.2 Å². The second-order valence-corrected chi connectivity index (χ2v) is 6.68. The van der Waals surface area contributed by atoms with Crippen LogP contribution in [-0.4, -0.2) is 35.2 Å². The van der Waals surface area contributed by atoms with Crippen LogP contribution in [0, 0.1) is 0 Å². The molecule has 1 aromatic rings. The second kappa shape index (κ2) is 6.37. The maximum atomic E-state index is 12.3. The number of amides is 1. The van der Waals surface area contributed by atoms with E-state index in [0.29, 0.717) is 0 Å². The number of likely N-dealkylation sites (tertiary alicyclic amines) is 1. The molecule has 2 atom stereocenters. The van der Waals surface area contributed by atoms with E-state index in [9.17, 15) is 4.79 Å². The van der Waals surface area contributed by atoms with Crippen molar-refractivity contribution in [2.45, 2.75) is 58.2 Å². The number of nitrogens with zero attached hydrogens (tertiary/aromatic N) is 1. The highest BCUT2D eigenvalue weighted by atomic mass is 16.6. The number of carbonyl (C=O) groups excluding carboxylic acids is 1. The first-order chi connectivity index (χ1) is 9.87. The summed E-state index contributed by atoms with van der Waals surface area (Å²) in [5.74, 6) is 0. The summed E-state index contributed by atoms with van der Waals surface area (Å²) in [6.07, 6.45) is 1.84. The van der Waals surface area contributed by atoms with Crippen LogP contribution in [-0.2, 0) is 4.74 Å². The van der Waals surface area contributed by atoms with Crippen molar-refractivity contribution in [3.05, 3.63) is 30.3 Å². The highest BCUT2D eigenvalue weighted by Crippen LogP contribution is 2.24. The summed E-state index contributed by atoms with van der Waals surface area (Å²) in [6, 6.07) is 10.5. The minimum Gasteiger partial charge on any atom is -0.444 e. The fourth-order valence-electron chi connectivity index (χ4n) is 2.75. The molecule has 1 amide bonds. The van der Waals surface area contributed by atoms with E-state index in [4.69, 9.17) is 4.74 Å². The van der Waals surface area contributed by atoms with Crippen LogP contribution in [0.15, 0.2) is 30.3 Å². The van der Waals surface area contributed by atoms with Crippen LogP contribution >= 0.6 is 0 Å². The van der Waals surface area contributed by atoms with E-state index in [-0.39, 0.29) is 18.2 Å². The fraction of sp³-hybridized carbons (Fsp3) is 0.588. The predicted molar refractivity (Wildman–Crippen MR) is 85.5 cm³/mol. The smallest absolute Gasteiger partial charge is 0.410 e. The molecule has 0 saturated carbocycles. The molecule has 1 N–H and O–H groups in total. The Bertz CT molecular complexity index is 467. The van der Waals surface area contributed by atoms with E-state index in [0.717, 1.165) is 25.1 Å². The van der Waals surface area contributed by atoms with E-state index < -0.39 is 5.60 Å². The van der Waals surface area contributed by atoms with Gasteiger partial charge < -0.3 is 15.0 Å². The maximum Gasteiger partial charge on any atom is 0.410 e. The van der Waals surface area contributed by atoms with Crippen LogP contribution in [0.25, 0.3) is 0 Å². The number of hydrogen-bond acceptors (Lipinski definition) is 3. The first kappa shape index (κ1) is 15.7. The van der Waals surface area contributed by atoms with E-state index >= 15 is 0 Å². The zero-order valence-electron chi connectivity index (χ0n) is 13.4. The maximum absolute atomic E-state index is 12.3. The molecule has 4 heteroatoms. The molecule has 0 aliphatic carbocycles. The fourth-order valence-corrected chi connectivity index (χ4v) is 2.75. The molecule has 21 heavy (non-hydrogen) atoms. The van der Waals surface area contributed by atoms with Crippen molar-refractivity contribution in [3.8, 4) is 0 Å². The minimum atomic E-state index is -0.444. The van der Waals surface area contributed by atoms with Gasteiger partial charge in [0.2, 0.25) is 0 Å². The van der Waals surface area contributed by atoms with Gasteiger partial charge in [0.1, 0.15) is 5.60 Å². The zero-order chi connectivity index (χ0) is 15.5. The largest absolute Gasteiger partial charge is 0.444 e. The number of anilines is 1. The molecule has 1 fully saturated rings. The van der Waals surface area contributed by atoms with E-state index in [2.05, 4.69) is 12.2 Å². The van der Waals surface area contributed by atoms with Gasteiger partial charge in [0, 0.05) is 18.3 Å². The summed E-state index contributed by atoms with van der Waals surface area (Å²) in [4.78, 5) is 14.2. The Labute approximate surface area is 127 Å². The van der Waals surface area contributed by atoms with Crippen molar-refractivity contribution in [2.75, 3.05) is 11.9 Å². The zero-order valence-corrected chi connectivity index (χ0v) is 13.4. The molecular weight excluding hydrogens is 264 g/mol. The van der Waals surface area contributed by atoms with Crippen molar-refractivity contribution in [2.24, 2.45) is 0 Å². The number of ether oxygens (including phenoxy) is 1. The summed E-state index contributed by atoms with van der Waals surface area (Å²) >= 11 is 0. The lowest BCUT2D eigenvalue weighted by Gasteiger charge is -2.32. The van der Waals surface area contributed by atoms with Crippen LogP contribution in [0.4, 0.5) is 10.5 Å². The summed E-state index contributed by atoms with van der Waals surface area (Å²) in [5, 5.41) is 3.48. The molecule has 116 valence electrons. The minimum absolute atomic E-state index is 0.181. The van der Waals surface area contributed by atoms with Crippen molar-refractivity contribution in [1.29, 1.82) is 0 Å². The standard InChI is InChI=1S/C17H26N2O2/c1-13(18-14-9-6-5-7-10-14)15-11-8-12-19(15)16(20)21-17(2,3)4/h5-7,9-10,13,15,18H,8,11-12H2,1-4H3. The summed E-state index contributed by atoms with van der Waals surface area (Å²) in [6.45, 7) is 8.62. The summed E-state index contributed by atoms with van der Waals surface area (Å²) in [7, 11) is 0. The lowest BCUT2D eigenvalue weighted by atomic mass is 10.1. The number of rotatable bonds is 3. The predicted octanol–water partition coefficient (Wildman–Crippen LogP) is 3.89. The molecule has 0 bridgehead atoms. The molecule has 2 unspecified atom stereocenters. The van der Waals surface area contributed by atoms with Crippen molar-refractivity contribution in [1.82, 2.24) is 4.90 Å². The van der Waals surface area contributed by atoms with E-state index in [1.54, 1.807) is 0 Å². The van der Waals surface area contributed by atoms with Crippen LogP contribution in [0.5, 0.6) is 0 Å². The van der Waals surface area contributed by atoms with Gasteiger partial charge in [-0.3, -0.25) is 0 Å². The van der Waals surface area contributed by atoms with Gasteiger partial charge in [0.15, 0.2) is 0 Å². The number of para-hydroxylation sites is 1. The topological polar surface area (TPSA) is 41.6 Å². The van der Waals surface area contributed by atoms with Gasteiger partial charge in [-0.2, -0.15) is 0 Å². The lowest BCUT2D eigenvalue weighted by Crippen LogP contribution is -2.46. The van der Waals surface area contributed by atoms with Gasteiger partial charge in [-0.15, -0.1) is 0 Å². The molecule has 0 radical (unpaired) electrons. The SMILES string of the molecule is CC(Nc1ccccc1)C1CCCN1C(=O)OC(C)(C)C. The number of nitrogens with one attached hydrogen (secondary N) is 1. The molecule has 4 nitrogen and oxygen atoms in total. The highest BCUT2D eigenvalue weighted by Gasteiger charge is 2.35. The average Bonchev–Trinajstić information content (AvgIpc) is 2.87. The van der Waals surface area contributed by atoms with Gasteiger partial charge in [0.05, 0.1) is 6.04 Å².